The first-order valence-corrected chi connectivity index (χ1v) is 4.05. The second-order valence-corrected chi connectivity index (χ2v) is 3.39. The van der Waals surface area contributed by atoms with Gasteiger partial charge in [-0.05, 0) is 12.8 Å². The Morgan fingerprint density at radius 1 is 1.30 bits per heavy atom. The predicted octanol–water partition coefficient (Wildman–Crippen LogP) is 2.08. The molecule has 2 rings (SSSR count). The number of carbonyl (C=O) groups is 1. The van der Waals surface area contributed by atoms with Gasteiger partial charge in [-0.1, -0.05) is 25.0 Å². The summed E-state index contributed by atoms with van der Waals surface area (Å²) in [5.74, 6) is 0.463. The summed E-state index contributed by atoms with van der Waals surface area (Å²) in [7, 11) is 0. The van der Waals surface area contributed by atoms with E-state index in [9.17, 15) is 4.79 Å². The highest BCUT2D eigenvalue weighted by molar-refractivity contribution is 5.90. The van der Waals surface area contributed by atoms with E-state index >= 15 is 0 Å². The Bertz CT molecular complexity index is 185. The second kappa shape index (κ2) is 1.94. The highest BCUT2D eigenvalue weighted by Crippen LogP contribution is 2.43. The average molecular weight is 136 g/mol. The number of hydrogen-bond donors (Lipinski definition) is 0. The maximum Gasteiger partial charge on any atom is 0.146 e. The van der Waals surface area contributed by atoms with Crippen molar-refractivity contribution in [2.24, 2.45) is 5.41 Å². The van der Waals surface area contributed by atoms with Crippen LogP contribution in [-0.2, 0) is 4.79 Å². The quantitative estimate of drug-likeness (QED) is 0.466. The Morgan fingerprint density at radius 3 is 2.50 bits per heavy atom. The normalized spacial score (nSPS) is 28.6. The molecule has 1 heteroatoms. The summed E-state index contributed by atoms with van der Waals surface area (Å²) in [5, 5.41) is 0. The van der Waals surface area contributed by atoms with Gasteiger partial charge in [0.05, 0.1) is 0 Å². The van der Waals surface area contributed by atoms with E-state index in [1.54, 1.807) is 0 Å². The van der Waals surface area contributed by atoms with E-state index in [1.807, 2.05) is 6.08 Å². The van der Waals surface area contributed by atoms with E-state index in [0.29, 0.717) is 12.2 Å². The van der Waals surface area contributed by atoms with Crippen molar-refractivity contribution in [3.05, 3.63) is 12.2 Å². The number of ketones is 1. The molecule has 1 fully saturated rings. The van der Waals surface area contributed by atoms with Crippen LogP contribution >= 0.6 is 0 Å². The largest absolute Gasteiger partial charge is 0.298 e. The van der Waals surface area contributed by atoms with Gasteiger partial charge in [-0.2, -0.15) is 0 Å². The number of hydrogen-bond acceptors (Lipinski definition) is 1. The first-order valence-electron chi connectivity index (χ1n) is 4.05. The molecular weight excluding hydrogens is 124 g/mol. The summed E-state index contributed by atoms with van der Waals surface area (Å²) >= 11 is 0. The molecule has 2 aliphatic carbocycles. The van der Waals surface area contributed by atoms with Crippen LogP contribution in [0.2, 0.25) is 0 Å². The van der Waals surface area contributed by atoms with Gasteiger partial charge in [0.15, 0.2) is 0 Å². The smallest absolute Gasteiger partial charge is 0.146 e. The highest BCUT2D eigenvalue weighted by atomic mass is 16.1. The lowest BCUT2D eigenvalue weighted by atomic mass is 9.85. The van der Waals surface area contributed by atoms with Gasteiger partial charge in [0.2, 0.25) is 0 Å². The van der Waals surface area contributed by atoms with Gasteiger partial charge in [-0.25, -0.2) is 0 Å². The van der Waals surface area contributed by atoms with Crippen LogP contribution in [0.3, 0.4) is 0 Å². The molecule has 10 heavy (non-hydrogen) atoms. The topological polar surface area (TPSA) is 17.1 Å². The van der Waals surface area contributed by atoms with E-state index in [4.69, 9.17) is 0 Å². The zero-order valence-electron chi connectivity index (χ0n) is 6.10. The van der Waals surface area contributed by atoms with Crippen molar-refractivity contribution in [1.29, 1.82) is 0 Å². The van der Waals surface area contributed by atoms with Crippen LogP contribution < -0.4 is 0 Å². The van der Waals surface area contributed by atoms with Gasteiger partial charge in [-0.3, -0.25) is 4.79 Å². The highest BCUT2D eigenvalue weighted by Gasteiger charge is 2.39. The van der Waals surface area contributed by atoms with Crippen LogP contribution in [0.5, 0.6) is 0 Å². The Hall–Kier alpha value is -0.590. The molecule has 1 saturated carbocycles. The lowest BCUT2D eigenvalue weighted by molar-refractivity contribution is -0.124. The van der Waals surface area contributed by atoms with Crippen molar-refractivity contribution < 1.29 is 4.79 Å². The summed E-state index contributed by atoms with van der Waals surface area (Å²) < 4.78 is 0. The molecular formula is C9H12O. The van der Waals surface area contributed by atoms with Crippen molar-refractivity contribution >= 4 is 5.78 Å². The predicted molar refractivity (Wildman–Crippen MR) is 39.7 cm³/mol. The van der Waals surface area contributed by atoms with Gasteiger partial charge in [0, 0.05) is 11.8 Å². The van der Waals surface area contributed by atoms with Crippen LogP contribution in [-0.4, -0.2) is 5.78 Å². The SMILES string of the molecule is O=C1CC=CC12CCCC2. The van der Waals surface area contributed by atoms with Gasteiger partial charge in [0.25, 0.3) is 0 Å². The minimum absolute atomic E-state index is 0.0278. The first kappa shape index (κ1) is 6.14. The van der Waals surface area contributed by atoms with Crippen LogP contribution in [0.1, 0.15) is 32.1 Å². The second-order valence-electron chi connectivity index (χ2n) is 3.39. The molecule has 54 valence electrons. The summed E-state index contributed by atoms with van der Waals surface area (Å²) in [6.45, 7) is 0. The minimum atomic E-state index is 0.0278. The molecule has 0 aromatic heterocycles. The summed E-state index contributed by atoms with van der Waals surface area (Å²) in [5.41, 5.74) is 0.0278. The number of Topliss-reactive ketones (excluding diaryl/α,β-unsaturated/α-hetero) is 1. The number of allylic oxidation sites excluding steroid dienone is 2. The van der Waals surface area contributed by atoms with Crippen molar-refractivity contribution in [1.82, 2.24) is 0 Å². The molecule has 0 aromatic carbocycles. The number of carbonyl (C=O) groups excluding carboxylic acids is 1. The summed E-state index contributed by atoms with van der Waals surface area (Å²) in [6.07, 6.45) is 9.59. The third-order valence-corrected chi connectivity index (χ3v) is 2.79. The van der Waals surface area contributed by atoms with Gasteiger partial charge < -0.3 is 0 Å². The molecule has 0 amide bonds. The maximum atomic E-state index is 11.3. The van der Waals surface area contributed by atoms with Crippen LogP contribution in [0.25, 0.3) is 0 Å². The Morgan fingerprint density at radius 2 is 2.00 bits per heavy atom. The van der Waals surface area contributed by atoms with Gasteiger partial charge in [0.1, 0.15) is 5.78 Å². The van der Waals surface area contributed by atoms with E-state index in [2.05, 4.69) is 6.08 Å². The van der Waals surface area contributed by atoms with E-state index in [0.717, 1.165) is 12.8 Å². The molecule has 1 spiro atoms. The third kappa shape index (κ3) is 0.664. The van der Waals surface area contributed by atoms with Gasteiger partial charge >= 0.3 is 0 Å². The standard InChI is InChI=1S/C9H12O/c10-8-4-3-7-9(8)5-1-2-6-9/h3,7H,1-2,4-6H2. The Kier molecular flexibility index (Phi) is 1.19. The molecule has 1 nitrogen and oxygen atoms in total. The molecule has 0 heterocycles. The fraction of sp³-hybridized carbons (Fsp3) is 0.667. The molecule has 0 bridgehead atoms. The zero-order valence-corrected chi connectivity index (χ0v) is 6.10. The molecule has 0 atom stereocenters. The summed E-state index contributed by atoms with van der Waals surface area (Å²) in [4.78, 5) is 11.3. The zero-order chi connectivity index (χ0) is 7.03. The maximum absolute atomic E-state index is 11.3. The lowest BCUT2D eigenvalue weighted by Gasteiger charge is -2.17. The van der Waals surface area contributed by atoms with Crippen molar-refractivity contribution in [3.8, 4) is 0 Å². The average Bonchev–Trinajstić information content (AvgIpc) is 2.48. The fourth-order valence-corrected chi connectivity index (χ4v) is 2.14. The van der Waals surface area contributed by atoms with Crippen LogP contribution in [0.15, 0.2) is 12.2 Å². The molecule has 0 aromatic rings. The van der Waals surface area contributed by atoms with E-state index in [-0.39, 0.29) is 5.41 Å². The molecule has 0 saturated heterocycles. The van der Waals surface area contributed by atoms with E-state index in [1.165, 1.54) is 12.8 Å². The first-order chi connectivity index (χ1) is 4.83. The fourth-order valence-electron chi connectivity index (χ4n) is 2.14. The monoisotopic (exact) mass is 136 g/mol. The van der Waals surface area contributed by atoms with Crippen molar-refractivity contribution in [3.63, 3.8) is 0 Å². The lowest BCUT2D eigenvalue weighted by Crippen LogP contribution is -2.20. The van der Waals surface area contributed by atoms with E-state index < -0.39 is 0 Å². The van der Waals surface area contributed by atoms with Crippen LogP contribution in [0, 0.1) is 5.41 Å². The van der Waals surface area contributed by atoms with Crippen molar-refractivity contribution in [2.75, 3.05) is 0 Å². The third-order valence-electron chi connectivity index (χ3n) is 2.79. The molecule has 0 radical (unpaired) electrons. The molecule has 0 N–H and O–H groups in total. The summed E-state index contributed by atoms with van der Waals surface area (Å²) in [6, 6.07) is 0. The number of rotatable bonds is 0. The van der Waals surface area contributed by atoms with Crippen LogP contribution in [0.4, 0.5) is 0 Å². The molecule has 0 aliphatic heterocycles. The molecule has 0 unspecified atom stereocenters. The minimum Gasteiger partial charge on any atom is -0.298 e. The molecule has 2 aliphatic rings. The Balaban J connectivity index is 2.27. The Labute approximate surface area is 61.1 Å². The van der Waals surface area contributed by atoms with Gasteiger partial charge in [-0.15, -0.1) is 0 Å². The van der Waals surface area contributed by atoms with Crippen molar-refractivity contribution in [2.45, 2.75) is 32.1 Å².